The number of rotatable bonds is 1. The molecule has 23 heavy (non-hydrogen) atoms. The van der Waals surface area contributed by atoms with Gasteiger partial charge in [0, 0.05) is 18.0 Å². The van der Waals surface area contributed by atoms with Crippen LogP contribution in [0.1, 0.15) is 55.6 Å². The number of hydrogen-bond donors (Lipinski definition) is 1. The van der Waals surface area contributed by atoms with Crippen LogP contribution in [0.4, 0.5) is 0 Å². The van der Waals surface area contributed by atoms with Crippen LogP contribution >= 0.6 is 0 Å². The Hall–Kier alpha value is -1.06. The molecule has 124 valence electrons. The topological polar surface area (TPSA) is 30.5 Å². The SMILES string of the molecule is COc1ccc2c(c1)C1CC23CNC(COC2CCCC1C2)C3. The number of methoxy groups -OCH3 is 1. The second kappa shape index (κ2) is 5.22. The van der Waals surface area contributed by atoms with Crippen LogP contribution in [0.25, 0.3) is 0 Å². The molecule has 2 aliphatic heterocycles. The summed E-state index contributed by atoms with van der Waals surface area (Å²) in [5.74, 6) is 2.51. The maximum Gasteiger partial charge on any atom is 0.119 e. The van der Waals surface area contributed by atoms with Crippen LogP contribution in [-0.4, -0.2) is 32.4 Å². The van der Waals surface area contributed by atoms with Crippen LogP contribution < -0.4 is 10.1 Å². The Morgan fingerprint density at radius 3 is 3.13 bits per heavy atom. The highest BCUT2D eigenvalue weighted by atomic mass is 16.5. The van der Waals surface area contributed by atoms with Gasteiger partial charge in [-0.2, -0.15) is 0 Å². The average molecular weight is 313 g/mol. The van der Waals surface area contributed by atoms with Crippen LogP contribution in [-0.2, 0) is 10.2 Å². The molecule has 1 saturated carbocycles. The summed E-state index contributed by atoms with van der Waals surface area (Å²) in [6.07, 6.45) is 8.26. The quantitative estimate of drug-likeness (QED) is 0.862. The van der Waals surface area contributed by atoms with Gasteiger partial charge in [-0.05, 0) is 67.2 Å². The molecule has 2 heterocycles. The van der Waals surface area contributed by atoms with E-state index in [1.54, 1.807) is 18.2 Å². The minimum atomic E-state index is 0.338. The predicted octanol–water partition coefficient (Wildman–Crippen LogP) is 3.37. The third-order valence-electron chi connectivity index (χ3n) is 6.98. The summed E-state index contributed by atoms with van der Waals surface area (Å²) in [5, 5.41) is 3.77. The normalized spacial score (nSPS) is 41.4. The number of fused-ring (bicyclic) bond motifs is 7. The van der Waals surface area contributed by atoms with Crippen molar-refractivity contribution in [3.05, 3.63) is 29.3 Å². The smallest absolute Gasteiger partial charge is 0.119 e. The molecule has 0 aromatic heterocycles. The monoisotopic (exact) mass is 313 g/mol. The second-order valence-electron chi connectivity index (χ2n) is 8.21. The van der Waals surface area contributed by atoms with Crippen molar-refractivity contribution in [2.45, 2.75) is 62.0 Å². The van der Waals surface area contributed by atoms with Gasteiger partial charge in [0.1, 0.15) is 5.75 Å². The van der Waals surface area contributed by atoms with E-state index >= 15 is 0 Å². The van der Waals surface area contributed by atoms with Crippen LogP contribution in [0.3, 0.4) is 0 Å². The molecule has 0 radical (unpaired) electrons. The van der Waals surface area contributed by atoms with E-state index in [0.29, 0.717) is 23.5 Å². The minimum Gasteiger partial charge on any atom is -0.497 e. The van der Waals surface area contributed by atoms with Crippen molar-refractivity contribution in [2.75, 3.05) is 20.3 Å². The Kier molecular flexibility index (Phi) is 3.24. The molecule has 4 aliphatic rings. The van der Waals surface area contributed by atoms with E-state index in [0.717, 1.165) is 24.8 Å². The van der Waals surface area contributed by atoms with Gasteiger partial charge in [0.05, 0.1) is 19.8 Å². The maximum atomic E-state index is 6.30. The zero-order valence-corrected chi connectivity index (χ0v) is 14.0. The zero-order chi connectivity index (χ0) is 15.4. The lowest BCUT2D eigenvalue weighted by atomic mass is 9.73. The fourth-order valence-corrected chi connectivity index (χ4v) is 5.90. The summed E-state index contributed by atoms with van der Waals surface area (Å²) >= 11 is 0. The highest BCUT2D eigenvalue weighted by molar-refractivity contribution is 5.48. The molecule has 2 aliphatic carbocycles. The molecule has 2 saturated heterocycles. The fourth-order valence-electron chi connectivity index (χ4n) is 5.90. The molecule has 5 rings (SSSR count). The molecule has 1 aromatic carbocycles. The van der Waals surface area contributed by atoms with E-state index in [1.807, 2.05) is 0 Å². The summed E-state index contributed by atoms with van der Waals surface area (Å²) in [6, 6.07) is 7.39. The van der Waals surface area contributed by atoms with E-state index in [2.05, 4.69) is 23.5 Å². The van der Waals surface area contributed by atoms with Gasteiger partial charge in [-0.15, -0.1) is 0 Å². The predicted molar refractivity (Wildman–Crippen MR) is 90.1 cm³/mol. The van der Waals surface area contributed by atoms with Crippen LogP contribution in [0, 0.1) is 5.92 Å². The van der Waals surface area contributed by atoms with Gasteiger partial charge in [-0.1, -0.05) is 12.5 Å². The van der Waals surface area contributed by atoms with Gasteiger partial charge in [0.25, 0.3) is 0 Å². The molecule has 3 nitrogen and oxygen atoms in total. The molecule has 3 fully saturated rings. The second-order valence-corrected chi connectivity index (χ2v) is 8.21. The Labute approximate surface area is 138 Å². The van der Waals surface area contributed by atoms with Gasteiger partial charge < -0.3 is 14.8 Å². The van der Waals surface area contributed by atoms with Crippen molar-refractivity contribution < 1.29 is 9.47 Å². The van der Waals surface area contributed by atoms with Crippen LogP contribution in [0.5, 0.6) is 5.75 Å². The van der Waals surface area contributed by atoms with Crippen molar-refractivity contribution >= 4 is 0 Å². The number of benzene rings is 1. The lowest BCUT2D eigenvalue weighted by Gasteiger charge is -2.35. The summed E-state index contributed by atoms with van der Waals surface area (Å²) in [6.45, 7) is 2.02. The third-order valence-corrected chi connectivity index (χ3v) is 6.98. The number of nitrogens with one attached hydrogen (secondary N) is 1. The van der Waals surface area contributed by atoms with E-state index in [4.69, 9.17) is 9.47 Å². The van der Waals surface area contributed by atoms with E-state index in [1.165, 1.54) is 38.5 Å². The number of ether oxygens (including phenoxy) is 2. The van der Waals surface area contributed by atoms with E-state index in [9.17, 15) is 0 Å². The van der Waals surface area contributed by atoms with Crippen molar-refractivity contribution in [1.29, 1.82) is 0 Å². The molecule has 0 amide bonds. The summed E-state index contributed by atoms with van der Waals surface area (Å²) in [7, 11) is 1.78. The molecule has 1 spiro atoms. The zero-order valence-electron chi connectivity index (χ0n) is 14.0. The first-order chi connectivity index (χ1) is 11.3. The first kappa shape index (κ1) is 14.3. The van der Waals surface area contributed by atoms with Crippen molar-refractivity contribution in [3.63, 3.8) is 0 Å². The van der Waals surface area contributed by atoms with E-state index < -0.39 is 0 Å². The first-order valence-electron chi connectivity index (χ1n) is 9.31. The fraction of sp³-hybridized carbons (Fsp3) is 0.700. The average Bonchev–Trinajstić information content (AvgIpc) is 3.14. The van der Waals surface area contributed by atoms with Gasteiger partial charge in [-0.25, -0.2) is 0 Å². The molecular formula is C20H27NO2. The summed E-state index contributed by atoms with van der Waals surface area (Å²) < 4.78 is 11.8. The molecule has 3 heteroatoms. The Balaban J connectivity index is 1.62. The standard InChI is InChI=1S/C20H27NO2/c1-22-15-5-6-19-17(8-15)18-10-20(19)9-14(21-12-20)11-23-16-4-2-3-13(18)7-16/h5-6,8,13-14,16,18,21H,2-4,7,9-12H2,1H3. The van der Waals surface area contributed by atoms with Crippen molar-refractivity contribution in [2.24, 2.45) is 5.92 Å². The summed E-state index contributed by atoms with van der Waals surface area (Å²) in [4.78, 5) is 0. The summed E-state index contributed by atoms with van der Waals surface area (Å²) in [5.41, 5.74) is 3.52. The van der Waals surface area contributed by atoms with Crippen molar-refractivity contribution in [3.8, 4) is 5.75 Å². The lowest BCUT2D eigenvalue weighted by molar-refractivity contribution is -0.00346. The molecule has 5 bridgehead atoms. The molecular weight excluding hydrogens is 286 g/mol. The Morgan fingerprint density at radius 2 is 2.22 bits per heavy atom. The lowest BCUT2D eigenvalue weighted by Crippen LogP contribution is -2.33. The van der Waals surface area contributed by atoms with Crippen LogP contribution in [0.15, 0.2) is 18.2 Å². The highest BCUT2D eigenvalue weighted by Crippen LogP contribution is 2.56. The van der Waals surface area contributed by atoms with Crippen molar-refractivity contribution in [1.82, 2.24) is 5.32 Å². The highest BCUT2D eigenvalue weighted by Gasteiger charge is 2.51. The van der Waals surface area contributed by atoms with E-state index in [-0.39, 0.29) is 0 Å². The van der Waals surface area contributed by atoms with Gasteiger partial charge in [-0.3, -0.25) is 0 Å². The Bertz CT molecular complexity index is 616. The van der Waals surface area contributed by atoms with Gasteiger partial charge in [0.2, 0.25) is 0 Å². The van der Waals surface area contributed by atoms with Gasteiger partial charge >= 0.3 is 0 Å². The molecule has 5 atom stereocenters. The molecule has 5 unspecified atom stereocenters. The maximum absolute atomic E-state index is 6.30. The van der Waals surface area contributed by atoms with Crippen LogP contribution in [0.2, 0.25) is 0 Å². The van der Waals surface area contributed by atoms with Gasteiger partial charge in [0.15, 0.2) is 0 Å². The molecule has 1 aromatic rings. The number of hydrogen-bond acceptors (Lipinski definition) is 3. The Morgan fingerprint density at radius 1 is 1.26 bits per heavy atom. The third kappa shape index (κ3) is 2.16. The molecule has 1 N–H and O–H groups in total. The minimum absolute atomic E-state index is 0.338. The largest absolute Gasteiger partial charge is 0.497 e. The first-order valence-corrected chi connectivity index (χ1v) is 9.31.